The van der Waals surface area contributed by atoms with Crippen molar-refractivity contribution >= 4 is 22.2 Å². The highest BCUT2D eigenvalue weighted by Gasteiger charge is 2.23. The van der Waals surface area contributed by atoms with Crippen LogP contribution in [0.25, 0.3) is 66.7 Å². The number of benzene rings is 7. The Labute approximate surface area is 316 Å². The molecule has 1 aliphatic rings. The van der Waals surface area contributed by atoms with Crippen LogP contribution in [0.2, 0.25) is 0 Å². The van der Waals surface area contributed by atoms with Gasteiger partial charge in [0, 0.05) is 28.7 Å². The maximum atomic E-state index is 6.71. The number of para-hydroxylation sites is 1. The first-order chi connectivity index (χ1) is 26.6. The lowest BCUT2D eigenvalue weighted by Crippen LogP contribution is -2.06. The standard InChI is InChI=1S/C50H39N3O/c1-33(2)34-22-24-35(25-23-34)38-15-10-16-39(32-38)45-30-31-54-50-44(20-11-21-48(50)51-45)49-40-17-7-6-12-36(40)26-27-43(49)41-18-8-9-19-42(41)47-29-28-46(52-53-47)37-13-4-3-5-14-37/h3-29,32-33H,30-31H2,1-2H3. The summed E-state index contributed by atoms with van der Waals surface area (Å²) >= 11 is 0. The second kappa shape index (κ2) is 14.4. The third-order valence-electron chi connectivity index (χ3n) is 10.4. The van der Waals surface area contributed by atoms with E-state index in [1.807, 2.05) is 18.2 Å². The predicted molar refractivity (Wildman–Crippen MR) is 224 cm³/mol. The monoisotopic (exact) mass is 697 g/mol. The van der Waals surface area contributed by atoms with Crippen molar-refractivity contribution in [3.8, 4) is 61.6 Å². The Morgan fingerprint density at radius 2 is 1.19 bits per heavy atom. The Morgan fingerprint density at radius 3 is 2.00 bits per heavy atom. The molecule has 0 unspecified atom stereocenters. The third-order valence-corrected chi connectivity index (χ3v) is 10.4. The summed E-state index contributed by atoms with van der Waals surface area (Å²) in [6.45, 7) is 4.98. The van der Waals surface area contributed by atoms with Gasteiger partial charge in [0.25, 0.3) is 0 Å². The fraction of sp³-hybridized carbons (Fsp3) is 0.100. The van der Waals surface area contributed by atoms with Crippen LogP contribution in [-0.4, -0.2) is 22.5 Å². The molecule has 8 aromatic rings. The van der Waals surface area contributed by atoms with Crippen molar-refractivity contribution in [3.63, 3.8) is 0 Å². The summed E-state index contributed by atoms with van der Waals surface area (Å²) in [5.74, 6) is 1.30. The number of rotatable bonds is 7. The normalized spacial score (nSPS) is 12.5. The van der Waals surface area contributed by atoms with Crippen LogP contribution < -0.4 is 4.74 Å². The highest BCUT2D eigenvalue weighted by Crippen LogP contribution is 2.48. The molecule has 260 valence electrons. The summed E-state index contributed by atoms with van der Waals surface area (Å²) in [5, 5.41) is 11.7. The zero-order valence-electron chi connectivity index (χ0n) is 30.4. The molecule has 0 atom stereocenters. The minimum atomic E-state index is 0.502. The molecule has 0 saturated heterocycles. The van der Waals surface area contributed by atoms with Gasteiger partial charge in [0.15, 0.2) is 5.75 Å². The number of hydrogen-bond acceptors (Lipinski definition) is 4. The first-order valence-corrected chi connectivity index (χ1v) is 18.7. The van der Waals surface area contributed by atoms with Crippen LogP contribution >= 0.6 is 0 Å². The highest BCUT2D eigenvalue weighted by molar-refractivity contribution is 6.09. The van der Waals surface area contributed by atoms with E-state index in [-0.39, 0.29) is 0 Å². The van der Waals surface area contributed by atoms with Crippen LogP contribution in [0.5, 0.6) is 5.75 Å². The fourth-order valence-electron chi connectivity index (χ4n) is 7.53. The summed E-state index contributed by atoms with van der Waals surface area (Å²) in [6.07, 6.45) is 0.701. The molecule has 0 fully saturated rings. The van der Waals surface area contributed by atoms with Crippen molar-refractivity contribution in [3.05, 3.63) is 181 Å². The Bertz CT molecular complexity index is 2640. The van der Waals surface area contributed by atoms with Gasteiger partial charge in [-0.15, -0.1) is 10.2 Å². The molecule has 4 heteroatoms. The lowest BCUT2D eigenvalue weighted by atomic mass is 9.87. The van der Waals surface area contributed by atoms with Crippen molar-refractivity contribution in [1.82, 2.24) is 10.2 Å². The van der Waals surface area contributed by atoms with Crippen molar-refractivity contribution in [1.29, 1.82) is 0 Å². The van der Waals surface area contributed by atoms with Crippen LogP contribution in [-0.2, 0) is 0 Å². The van der Waals surface area contributed by atoms with E-state index < -0.39 is 0 Å². The second-order valence-corrected chi connectivity index (χ2v) is 14.1. The quantitative estimate of drug-likeness (QED) is 0.167. The van der Waals surface area contributed by atoms with E-state index in [4.69, 9.17) is 14.8 Å². The predicted octanol–water partition coefficient (Wildman–Crippen LogP) is 13.0. The van der Waals surface area contributed by atoms with E-state index in [1.165, 1.54) is 16.7 Å². The molecular formula is C50H39N3O. The van der Waals surface area contributed by atoms with Crippen LogP contribution in [0.4, 0.5) is 5.69 Å². The number of ether oxygens (including phenoxy) is 1. The van der Waals surface area contributed by atoms with Crippen molar-refractivity contribution in [2.75, 3.05) is 6.61 Å². The lowest BCUT2D eigenvalue weighted by Gasteiger charge is -2.19. The van der Waals surface area contributed by atoms with Crippen LogP contribution in [0.15, 0.2) is 175 Å². The Balaban J connectivity index is 1.15. The molecule has 54 heavy (non-hydrogen) atoms. The van der Waals surface area contributed by atoms with Gasteiger partial charge in [0.2, 0.25) is 0 Å². The molecule has 0 amide bonds. The lowest BCUT2D eigenvalue weighted by molar-refractivity contribution is 0.334. The minimum Gasteiger partial charge on any atom is -0.490 e. The van der Waals surface area contributed by atoms with Gasteiger partial charge in [-0.05, 0) is 74.3 Å². The number of hydrogen-bond donors (Lipinski definition) is 0. The Hall–Kier alpha value is -6.65. The van der Waals surface area contributed by atoms with Crippen LogP contribution in [0, 0.1) is 0 Å². The molecular weight excluding hydrogens is 659 g/mol. The van der Waals surface area contributed by atoms with Crippen LogP contribution in [0.3, 0.4) is 0 Å². The maximum Gasteiger partial charge on any atom is 0.152 e. The van der Waals surface area contributed by atoms with E-state index in [0.29, 0.717) is 18.9 Å². The smallest absolute Gasteiger partial charge is 0.152 e. The SMILES string of the molecule is CC(C)c1ccc(-c2cccc(C3=Nc4cccc(-c5c(-c6ccccc6-c6ccc(-c7ccccc7)nn6)ccc6ccccc56)c4OCC3)c2)cc1. The average Bonchev–Trinajstić information content (AvgIpc) is 3.47. The van der Waals surface area contributed by atoms with E-state index in [0.717, 1.165) is 78.3 Å². The molecule has 7 aromatic carbocycles. The second-order valence-electron chi connectivity index (χ2n) is 14.1. The molecule has 4 nitrogen and oxygen atoms in total. The molecule has 0 N–H and O–H groups in total. The van der Waals surface area contributed by atoms with E-state index in [2.05, 4.69) is 171 Å². The minimum absolute atomic E-state index is 0.502. The molecule has 0 bridgehead atoms. The average molecular weight is 698 g/mol. The van der Waals surface area contributed by atoms with Gasteiger partial charge in [-0.1, -0.05) is 159 Å². The third kappa shape index (κ3) is 6.37. The topological polar surface area (TPSA) is 47.4 Å². The molecule has 1 aliphatic heterocycles. The summed E-state index contributed by atoms with van der Waals surface area (Å²) in [6, 6.07) is 59.7. The van der Waals surface area contributed by atoms with Crippen molar-refractivity contribution in [2.45, 2.75) is 26.2 Å². The van der Waals surface area contributed by atoms with Crippen molar-refractivity contribution in [2.24, 2.45) is 4.99 Å². The van der Waals surface area contributed by atoms with E-state index in [9.17, 15) is 0 Å². The molecule has 2 heterocycles. The first-order valence-electron chi connectivity index (χ1n) is 18.7. The molecule has 1 aromatic heterocycles. The van der Waals surface area contributed by atoms with Crippen LogP contribution in [0.1, 0.15) is 37.3 Å². The van der Waals surface area contributed by atoms with Gasteiger partial charge < -0.3 is 4.74 Å². The zero-order valence-corrected chi connectivity index (χ0v) is 30.4. The zero-order chi connectivity index (χ0) is 36.4. The van der Waals surface area contributed by atoms with Gasteiger partial charge in [-0.3, -0.25) is 0 Å². The number of fused-ring (bicyclic) bond motifs is 2. The maximum absolute atomic E-state index is 6.71. The molecule has 0 spiro atoms. The van der Waals surface area contributed by atoms with Gasteiger partial charge in [0.1, 0.15) is 5.69 Å². The summed E-state index contributed by atoms with van der Waals surface area (Å²) < 4.78 is 6.71. The van der Waals surface area contributed by atoms with Crippen molar-refractivity contribution < 1.29 is 4.74 Å². The first kappa shape index (κ1) is 33.2. The summed E-state index contributed by atoms with van der Waals surface area (Å²) in [4.78, 5) is 5.32. The van der Waals surface area contributed by atoms with Gasteiger partial charge in [-0.25, -0.2) is 4.99 Å². The largest absolute Gasteiger partial charge is 0.490 e. The number of nitrogens with zero attached hydrogens (tertiary/aromatic N) is 3. The van der Waals surface area contributed by atoms with Gasteiger partial charge >= 0.3 is 0 Å². The fourth-order valence-corrected chi connectivity index (χ4v) is 7.53. The molecule has 0 aliphatic carbocycles. The summed E-state index contributed by atoms with van der Waals surface area (Å²) in [5.41, 5.74) is 14.7. The van der Waals surface area contributed by atoms with E-state index >= 15 is 0 Å². The molecule has 0 radical (unpaired) electrons. The molecule has 9 rings (SSSR count). The molecule has 0 saturated carbocycles. The van der Waals surface area contributed by atoms with E-state index in [1.54, 1.807) is 0 Å². The summed E-state index contributed by atoms with van der Waals surface area (Å²) in [7, 11) is 0. The van der Waals surface area contributed by atoms with Gasteiger partial charge in [-0.2, -0.15) is 0 Å². The Kier molecular flexibility index (Phi) is 8.86. The Morgan fingerprint density at radius 1 is 0.500 bits per heavy atom. The number of aliphatic imine (C=N–C) groups is 1. The highest BCUT2D eigenvalue weighted by atomic mass is 16.5. The number of aromatic nitrogens is 2. The van der Waals surface area contributed by atoms with Gasteiger partial charge in [0.05, 0.1) is 23.7 Å².